The lowest BCUT2D eigenvalue weighted by molar-refractivity contribution is 0.0926. The van der Waals surface area contributed by atoms with Gasteiger partial charge in [-0.1, -0.05) is 0 Å². The number of nitrogens with one attached hydrogen (secondary N) is 2. The van der Waals surface area contributed by atoms with Crippen LogP contribution < -0.4 is 16.4 Å². The lowest BCUT2D eigenvalue weighted by Crippen LogP contribution is -2.30. The summed E-state index contributed by atoms with van der Waals surface area (Å²) in [5.41, 5.74) is 6.09. The largest absolute Gasteiger partial charge is 0.364 e. The van der Waals surface area contributed by atoms with Crippen LogP contribution in [0.25, 0.3) is 5.69 Å². The number of hydrogen-bond donors (Lipinski definition) is 3. The number of benzene rings is 2. The molecule has 8 nitrogen and oxygen atoms in total. The van der Waals surface area contributed by atoms with Crippen molar-refractivity contribution in [1.29, 1.82) is 0 Å². The summed E-state index contributed by atoms with van der Waals surface area (Å²) in [5, 5.41) is 5.00. The number of primary amides is 1. The molecule has 3 aromatic rings. The fraction of sp³-hybridized carbons (Fsp3) is 0.100. The van der Waals surface area contributed by atoms with Crippen LogP contribution in [0.2, 0.25) is 0 Å². The molecule has 0 atom stereocenters. The number of amides is 3. The Morgan fingerprint density at radius 3 is 2.27 bits per heavy atom. The highest BCUT2D eigenvalue weighted by atomic mass is 19.1. The van der Waals surface area contributed by atoms with E-state index in [-0.39, 0.29) is 23.5 Å². The number of hydrogen-bond acceptors (Lipinski definition) is 4. The number of carbonyl (C=O) groups excluding carboxylic acids is 3. The second-order valence-electron chi connectivity index (χ2n) is 6.13. The topological polar surface area (TPSA) is 119 Å². The molecular formula is C20H17F2N5O3. The van der Waals surface area contributed by atoms with E-state index in [1.807, 2.05) is 0 Å². The third kappa shape index (κ3) is 4.49. The molecule has 154 valence electrons. The summed E-state index contributed by atoms with van der Waals surface area (Å²) in [4.78, 5) is 40.0. The molecule has 0 unspecified atom stereocenters. The average molecular weight is 413 g/mol. The molecule has 0 bridgehead atoms. The summed E-state index contributed by atoms with van der Waals surface area (Å²) >= 11 is 0. The lowest BCUT2D eigenvalue weighted by Gasteiger charge is -2.11. The Hall–Kier alpha value is -4.08. The fourth-order valence-corrected chi connectivity index (χ4v) is 2.70. The molecule has 3 rings (SSSR count). The van der Waals surface area contributed by atoms with Crippen LogP contribution in [0.15, 0.2) is 54.9 Å². The zero-order valence-electron chi connectivity index (χ0n) is 15.6. The minimum absolute atomic E-state index is 0.126. The third-order valence-electron chi connectivity index (χ3n) is 4.11. The molecule has 0 aliphatic heterocycles. The molecule has 0 spiro atoms. The van der Waals surface area contributed by atoms with Crippen LogP contribution >= 0.6 is 0 Å². The molecule has 3 amide bonds. The van der Waals surface area contributed by atoms with Gasteiger partial charge in [0.25, 0.3) is 17.7 Å². The van der Waals surface area contributed by atoms with Crippen molar-refractivity contribution in [1.82, 2.24) is 14.9 Å². The molecule has 0 saturated carbocycles. The van der Waals surface area contributed by atoms with Crippen LogP contribution in [-0.4, -0.2) is 40.5 Å². The molecule has 1 heterocycles. The van der Waals surface area contributed by atoms with Crippen LogP contribution in [0.3, 0.4) is 0 Å². The summed E-state index contributed by atoms with van der Waals surface area (Å²) < 4.78 is 26.7. The second kappa shape index (κ2) is 8.95. The maximum absolute atomic E-state index is 13.0. The fourth-order valence-electron chi connectivity index (χ4n) is 2.70. The van der Waals surface area contributed by atoms with Crippen molar-refractivity contribution in [3.63, 3.8) is 0 Å². The van der Waals surface area contributed by atoms with Crippen LogP contribution in [-0.2, 0) is 0 Å². The number of alkyl halides is 1. The molecule has 2 aromatic carbocycles. The number of imidazole rings is 1. The highest BCUT2D eigenvalue weighted by Crippen LogP contribution is 2.18. The lowest BCUT2D eigenvalue weighted by atomic mass is 10.2. The Kier molecular flexibility index (Phi) is 6.16. The van der Waals surface area contributed by atoms with Gasteiger partial charge in [0.2, 0.25) is 0 Å². The summed E-state index contributed by atoms with van der Waals surface area (Å²) in [5.74, 6) is -2.47. The van der Waals surface area contributed by atoms with Gasteiger partial charge in [0, 0.05) is 23.5 Å². The Labute approximate surface area is 169 Å². The van der Waals surface area contributed by atoms with Crippen LogP contribution in [0.4, 0.5) is 14.5 Å². The van der Waals surface area contributed by atoms with Crippen molar-refractivity contribution in [3.8, 4) is 5.69 Å². The number of anilines is 1. The summed E-state index contributed by atoms with van der Waals surface area (Å²) in [7, 11) is 0. The van der Waals surface area contributed by atoms with E-state index in [4.69, 9.17) is 5.73 Å². The van der Waals surface area contributed by atoms with Crippen LogP contribution in [0.5, 0.6) is 0 Å². The first-order valence-corrected chi connectivity index (χ1v) is 8.79. The van der Waals surface area contributed by atoms with E-state index in [9.17, 15) is 23.2 Å². The van der Waals surface area contributed by atoms with Gasteiger partial charge in [0.15, 0.2) is 5.69 Å². The van der Waals surface area contributed by atoms with Gasteiger partial charge in [-0.05, 0) is 48.5 Å². The summed E-state index contributed by atoms with van der Waals surface area (Å²) in [6.07, 6.45) is 1.25. The van der Waals surface area contributed by atoms with Crippen LogP contribution in [0.1, 0.15) is 31.3 Å². The van der Waals surface area contributed by atoms with E-state index in [0.29, 0.717) is 11.4 Å². The number of aromatic nitrogens is 2. The molecule has 0 aliphatic carbocycles. The molecule has 10 heteroatoms. The first-order chi connectivity index (χ1) is 14.4. The SMILES string of the molecule is NC(=O)c1ncn(-c2ccc(NC(=O)c3ccc(F)cc3)cc2)c1C(=O)NCCF. The van der Waals surface area contributed by atoms with Crippen molar-refractivity contribution in [3.05, 3.63) is 77.6 Å². The molecule has 0 saturated heterocycles. The predicted molar refractivity (Wildman–Crippen MR) is 105 cm³/mol. The summed E-state index contributed by atoms with van der Waals surface area (Å²) in [6.45, 7) is -0.995. The van der Waals surface area contributed by atoms with Gasteiger partial charge in [-0.3, -0.25) is 19.0 Å². The Morgan fingerprint density at radius 1 is 1.00 bits per heavy atom. The van der Waals surface area contributed by atoms with Crippen molar-refractivity contribution >= 4 is 23.4 Å². The quantitative estimate of drug-likeness (QED) is 0.549. The third-order valence-corrected chi connectivity index (χ3v) is 4.11. The van der Waals surface area contributed by atoms with E-state index in [1.165, 1.54) is 35.2 Å². The van der Waals surface area contributed by atoms with Crippen molar-refractivity contribution < 1.29 is 23.2 Å². The van der Waals surface area contributed by atoms with Gasteiger partial charge in [-0.15, -0.1) is 0 Å². The molecule has 0 fully saturated rings. The maximum atomic E-state index is 13.0. The standard InChI is InChI=1S/C20H17F2N5O3/c21-9-10-24-20(30)17-16(18(23)28)25-11-27(17)15-7-5-14(6-8-15)26-19(29)12-1-3-13(22)4-2-12/h1-8,11H,9-10H2,(H2,23,28)(H,24,30)(H,26,29). The number of nitrogens with two attached hydrogens (primary N) is 1. The zero-order valence-corrected chi connectivity index (χ0v) is 15.6. The van der Waals surface area contributed by atoms with Gasteiger partial charge in [-0.25, -0.2) is 13.8 Å². The van der Waals surface area contributed by atoms with E-state index in [0.717, 1.165) is 0 Å². The molecule has 0 aliphatic rings. The summed E-state index contributed by atoms with van der Waals surface area (Å²) in [6, 6.07) is 11.4. The Balaban J connectivity index is 1.83. The van der Waals surface area contributed by atoms with E-state index in [2.05, 4.69) is 15.6 Å². The van der Waals surface area contributed by atoms with Gasteiger partial charge >= 0.3 is 0 Å². The van der Waals surface area contributed by atoms with Crippen molar-refractivity contribution in [2.24, 2.45) is 5.73 Å². The normalized spacial score (nSPS) is 10.5. The first kappa shape index (κ1) is 20.6. The average Bonchev–Trinajstić information content (AvgIpc) is 3.18. The van der Waals surface area contributed by atoms with Crippen molar-refractivity contribution in [2.75, 3.05) is 18.5 Å². The van der Waals surface area contributed by atoms with E-state index < -0.39 is 30.2 Å². The Bertz CT molecular complexity index is 1080. The first-order valence-electron chi connectivity index (χ1n) is 8.79. The Morgan fingerprint density at radius 2 is 1.67 bits per heavy atom. The monoisotopic (exact) mass is 413 g/mol. The maximum Gasteiger partial charge on any atom is 0.270 e. The van der Waals surface area contributed by atoms with Gasteiger partial charge in [0.05, 0.1) is 0 Å². The van der Waals surface area contributed by atoms with Gasteiger partial charge in [-0.2, -0.15) is 0 Å². The minimum Gasteiger partial charge on any atom is -0.364 e. The highest BCUT2D eigenvalue weighted by molar-refractivity contribution is 6.05. The minimum atomic E-state index is -0.901. The van der Waals surface area contributed by atoms with E-state index in [1.54, 1.807) is 24.3 Å². The molecule has 0 radical (unpaired) electrons. The number of nitrogens with zero attached hydrogens (tertiary/aromatic N) is 2. The molecule has 4 N–H and O–H groups in total. The smallest absolute Gasteiger partial charge is 0.270 e. The van der Waals surface area contributed by atoms with Gasteiger partial charge < -0.3 is 16.4 Å². The molecular weight excluding hydrogens is 396 g/mol. The molecule has 30 heavy (non-hydrogen) atoms. The number of carbonyl (C=O) groups is 3. The van der Waals surface area contributed by atoms with Gasteiger partial charge in [0.1, 0.15) is 24.5 Å². The van der Waals surface area contributed by atoms with Crippen LogP contribution in [0, 0.1) is 5.82 Å². The highest BCUT2D eigenvalue weighted by Gasteiger charge is 2.23. The zero-order chi connectivity index (χ0) is 21.7. The molecule has 1 aromatic heterocycles. The predicted octanol–water partition coefficient (Wildman–Crippen LogP) is 2.06. The van der Waals surface area contributed by atoms with E-state index >= 15 is 0 Å². The second-order valence-corrected chi connectivity index (χ2v) is 6.13. The van der Waals surface area contributed by atoms with Crippen molar-refractivity contribution in [2.45, 2.75) is 0 Å². The number of halogens is 2. The number of rotatable bonds is 7.